The summed E-state index contributed by atoms with van der Waals surface area (Å²) in [7, 11) is 0. The number of amides is 2. The number of carbonyl (C=O) groups is 2. The van der Waals surface area contributed by atoms with Crippen LogP contribution in [0.25, 0.3) is 0 Å². The van der Waals surface area contributed by atoms with Gasteiger partial charge < -0.3 is 10.6 Å². The number of nitrogens with zero attached hydrogens (tertiary/aromatic N) is 2. The minimum atomic E-state index is -0.0980. The van der Waals surface area contributed by atoms with Gasteiger partial charge in [-0.05, 0) is 50.0 Å². The highest BCUT2D eigenvalue weighted by molar-refractivity contribution is 6.04. The lowest BCUT2D eigenvalue weighted by Crippen LogP contribution is -2.37. The summed E-state index contributed by atoms with van der Waals surface area (Å²) >= 11 is 0. The quantitative estimate of drug-likeness (QED) is 0.700. The van der Waals surface area contributed by atoms with Crippen molar-refractivity contribution in [2.75, 3.05) is 38.0 Å². The van der Waals surface area contributed by atoms with E-state index in [4.69, 9.17) is 0 Å². The fraction of sp³-hybridized carbons (Fsp3) is 0.462. The van der Waals surface area contributed by atoms with Crippen molar-refractivity contribution in [3.63, 3.8) is 0 Å². The molecule has 2 aliphatic rings. The van der Waals surface area contributed by atoms with Crippen molar-refractivity contribution >= 4 is 17.5 Å². The molecule has 2 N–H and O–H groups in total. The molecule has 6 nitrogen and oxygen atoms in total. The Balaban J connectivity index is 1.29. The van der Waals surface area contributed by atoms with Crippen LogP contribution in [0.1, 0.15) is 48.0 Å². The van der Waals surface area contributed by atoms with Crippen LogP contribution >= 0.6 is 0 Å². The molecule has 1 aliphatic carbocycles. The monoisotopic (exact) mass is 434 g/mol. The highest BCUT2D eigenvalue weighted by Crippen LogP contribution is 2.20. The molecule has 2 aromatic rings. The van der Waals surface area contributed by atoms with E-state index in [0.717, 1.165) is 52.0 Å². The Kier molecular flexibility index (Phi) is 7.91. The second-order valence-electron chi connectivity index (χ2n) is 8.94. The maximum absolute atomic E-state index is 12.8. The molecule has 1 saturated heterocycles. The Bertz CT molecular complexity index is 896. The molecule has 0 atom stereocenters. The molecule has 6 heteroatoms. The van der Waals surface area contributed by atoms with E-state index < -0.39 is 0 Å². The zero-order chi connectivity index (χ0) is 22.2. The molecule has 0 bridgehead atoms. The number of hydrogen-bond acceptors (Lipinski definition) is 4. The van der Waals surface area contributed by atoms with Crippen molar-refractivity contribution in [3.05, 3.63) is 65.7 Å². The van der Waals surface area contributed by atoms with Crippen molar-refractivity contribution in [1.82, 2.24) is 15.1 Å². The molecule has 0 unspecified atom stereocenters. The third-order valence-electron chi connectivity index (χ3n) is 6.43. The van der Waals surface area contributed by atoms with Crippen LogP contribution in [0.4, 0.5) is 5.69 Å². The van der Waals surface area contributed by atoms with Crippen molar-refractivity contribution < 1.29 is 9.59 Å². The average molecular weight is 435 g/mol. The fourth-order valence-corrected chi connectivity index (χ4v) is 4.70. The van der Waals surface area contributed by atoms with Gasteiger partial charge in [0.2, 0.25) is 5.91 Å². The first-order valence-corrected chi connectivity index (χ1v) is 11.9. The SMILES string of the molecule is O=C(CN1CCCN(Cc2ccccc2)CC1)Nc1ccccc1C(=O)NC1CCCC1. The van der Waals surface area contributed by atoms with Crippen LogP contribution in [0.3, 0.4) is 0 Å². The van der Waals surface area contributed by atoms with E-state index in [1.165, 1.54) is 18.4 Å². The minimum absolute atomic E-state index is 0.0670. The van der Waals surface area contributed by atoms with Crippen LogP contribution in [0.5, 0.6) is 0 Å². The third kappa shape index (κ3) is 6.40. The minimum Gasteiger partial charge on any atom is -0.349 e. The van der Waals surface area contributed by atoms with Crippen molar-refractivity contribution in [2.24, 2.45) is 0 Å². The maximum atomic E-state index is 12.8. The van der Waals surface area contributed by atoms with E-state index in [9.17, 15) is 9.59 Å². The van der Waals surface area contributed by atoms with Crippen molar-refractivity contribution in [2.45, 2.75) is 44.7 Å². The van der Waals surface area contributed by atoms with Crippen molar-refractivity contribution in [1.29, 1.82) is 0 Å². The van der Waals surface area contributed by atoms with Crippen LogP contribution in [0, 0.1) is 0 Å². The van der Waals surface area contributed by atoms with Gasteiger partial charge in [-0.2, -0.15) is 0 Å². The van der Waals surface area contributed by atoms with Crippen LogP contribution in [-0.4, -0.2) is 60.4 Å². The predicted octanol–water partition coefficient (Wildman–Crippen LogP) is 3.51. The fourth-order valence-electron chi connectivity index (χ4n) is 4.70. The summed E-state index contributed by atoms with van der Waals surface area (Å²) in [5, 5.41) is 6.10. The third-order valence-corrected chi connectivity index (χ3v) is 6.43. The van der Waals surface area contributed by atoms with Crippen LogP contribution < -0.4 is 10.6 Å². The number of carbonyl (C=O) groups excluding carboxylic acids is 2. The van der Waals surface area contributed by atoms with Gasteiger partial charge in [0.05, 0.1) is 17.8 Å². The molecule has 1 saturated carbocycles. The predicted molar refractivity (Wildman–Crippen MR) is 128 cm³/mol. The Morgan fingerprint density at radius 3 is 2.31 bits per heavy atom. The molecule has 1 heterocycles. The molecule has 4 rings (SSSR count). The van der Waals surface area contributed by atoms with Gasteiger partial charge in [-0.25, -0.2) is 0 Å². The standard InChI is InChI=1S/C26H34N4O2/c31-25(20-30-16-8-15-29(17-18-30)19-21-9-2-1-3-10-21)28-24-14-7-6-13-23(24)26(32)27-22-11-4-5-12-22/h1-3,6-7,9-10,13-14,22H,4-5,8,11-12,15-20H2,(H,27,32)(H,28,31). The van der Waals surface area contributed by atoms with Gasteiger partial charge in [0, 0.05) is 25.7 Å². The highest BCUT2D eigenvalue weighted by atomic mass is 16.2. The summed E-state index contributed by atoms with van der Waals surface area (Å²) in [5.41, 5.74) is 2.46. The Labute approximate surface area is 191 Å². The summed E-state index contributed by atoms with van der Waals surface area (Å²) in [6.07, 6.45) is 5.46. The lowest BCUT2D eigenvalue weighted by molar-refractivity contribution is -0.117. The van der Waals surface area contributed by atoms with Crippen molar-refractivity contribution in [3.8, 4) is 0 Å². The van der Waals surface area contributed by atoms with Gasteiger partial charge in [0.1, 0.15) is 0 Å². The van der Waals surface area contributed by atoms with E-state index in [2.05, 4.69) is 44.7 Å². The number of rotatable bonds is 7. The Morgan fingerprint density at radius 2 is 1.50 bits per heavy atom. The molecule has 170 valence electrons. The Morgan fingerprint density at radius 1 is 0.812 bits per heavy atom. The number of anilines is 1. The normalized spacial score (nSPS) is 18.2. The molecular weight excluding hydrogens is 400 g/mol. The first-order chi connectivity index (χ1) is 15.7. The Hall–Kier alpha value is -2.70. The average Bonchev–Trinajstić information content (AvgIpc) is 3.21. The lowest BCUT2D eigenvalue weighted by atomic mass is 10.1. The van der Waals surface area contributed by atoms with Crippen LogP contribution in [0.15, 0.2) is 54.6 Å². The zero-order valence-corrected chi connectivity index (χ0v) is 18.8. The van der Waals surface area contributed by atoms with E-state index >= 15 is 0 Å². The first-order valence-electron chi connectivity index (χ1n) is 11.9. The van der Waals surface area contributed by atoms with Gasteiger partial charge in [-0.1, -0.05) is 55.3 Å². The molecule has 32 heavy (non-hydrogen) atoms. The van der Waals surface area contributed by atoms with E-state index in [1.54, 1.807) is 6.07 Å². The molecule has 2 aromatic carbocycles. The summed E-state index contributed by atoms with van der Waals surface area (Å²) in [5.74, 6) is -0.165. The second-order valence-corrected chi connectivity index (χ2v) is 8.94. The second kappa shape index (κ2) is 11.2. The van der Waals surface area contributed by atoms with Gasteiger partial charge in [0.15, 0.2) is 0 Å². The van der Waals surface area contributed by atoms with Crippen LogP contribution in [0.2, 0.25) is 0 Å². The molecule has 1 aliphatic heterocycles. The lowest BCUT2D eigenvalue weighted by Gasteiger charge is -2.22. The molecule has 2 amide bonds. The molecule has 0 radical (unpaired) electrons. The summed E-state index contributed by atoms with van der Waals surface area (Å²) in [6, 6.07) is 18.1. The van der Waals surface area contributed by atoms with E-state index in [0.29, 0.717) is 17.8 Å². The molecular formula is C26H34N4O2. The molecule has 0 spiro atoms. The number of para-hydroxylation sites is 1. The largest absolute Gasteiger partial charge is 0.349 e. The van der Waals surface area contributed by atoms with E-state index in [-0.39, 0.29) is 17.9 Å². The van der Waals surface area contributed by atoms with Gasteiger partial charge in [-0.3, -0.25) is 19.4 Å². The van der Waals surface area contributed by atoms with Gasteiger partial charge in [0.25, 0.3) is 5.91 Å². The maximum Gasteiger partial charge on any atom is 0.253 e. The summed E-state index contributed by atoms with van der Waals surface area (Å²) in [6.45, 7) is 5.05. The van der Waals surface area contributed by atoms with Gasteiger partial charge in [-0.15, -0.1) is 0 Å². The highest BCUT2D eigenvalue weighted by Gasteiger charge is 2.21. The topological polar surface area (TPSA) is 64.7 Å². The van der Waals surface area contributed by atoms with Crippen LogP contribution in [-0.2, 0) is 11.3 Å². The summed E-state index contributed by atoms with van der Waals surface area (Å²) in [4.78, 5) is 30.2. The number of benzene rings is 2. The number of nitrogens with one attached hydrogen (secondary N) is 2. The van der Waals surface area contributed by atoms with Gasteiger partial charge >= 0.3 is 0 Å². The molecule has 0 aromatic heterocycles. The smallest absolute Gasteiger partial charge is 0.253 e. The van der Waals surface area contributed by atoms with E-state index in [1.807, 2.05) is 24.3 Å². The number of hydrogen-bond donors (Lipinski definition) is 2. The molecule has 2 fully saturated rings. The summed E-state index contributed by atoms with van der Waals surface area (Å²) < 4.78 is 0. The first kappa shape index (κ1) is 22.5. The zero-order valence-electron chi connectivity index (χ0n) is 18.8.